The highest BCUT2D eigenvalue weighted by Crippen LogP contribution is 2.20. The molecule has 0 bridgehead atoms. The van der Waals surface area contributed by atoms with Crippen molar-refractivity contribution >= 4 is 27.1 Å². The molecule has 0 aliphatic heterocycles. The van der Waals surface area contributed by atoms with Gasteiger partial charge in [-0.05, 0) is 25.1 Å². The molecule has 5 nitrogen and oxygen atoms in total. The molecule has 0 atom stereocenters. The maximum absolute atomic E-state index is 11.9. The summed E-state index contributed by atoms with van der Waals surface area (Å²) in [5, 5.41) is 0. The van der Waals surface area contributed by atoms with Crippen molar-refractivity contribution in [3.63, 3.8) is 0 Å². The van der Waals surface area contributed by atoms with E-state index in [0.29, 0.717) is 11.2 Å². The maximum Gasteiger partial charge on any atom is 0.277 e. The number of benzene rings is 1. The Balaban J connectivity index is 2.42. The highest BCUT2D eigenvalue weighted by Gasteiger charge is 2.13. The van der Waals surface area contributed by atoms with E-state index < -0.39 is 0 Å². The van der Waals surface area contributed by atoms with Gasteiger partial charge in [-0.2, -0.15) is 0 Å². The van der Waals surface area contributed by atoms with E-state index in [1.165, 1.54) is 6.33 Å². The summed E-state index contributed by atoms with van der Waals surface area (Å²) >= 11 is 3.42. The second kappa shape index (κ2) is 4.06. The van der Waals surface area contributed by atoms with Gasteiger partial charge in [0, 0.05) is 10.2 Å². The zero-order chi connectivity index (χ0) is 12.7. The van der Waals surface area contributed by atoms with Gasteiger partial charge in [0.05, 0.1) is 6.33 Å². The van der Waals surface area contributed by atoms with Gasteiger partial charge in [-0.3, -0.25) is 9.36 Å². The van der Waals surface area contributed by atoms with Crippen molar-refractivity contribution in [1.82, 2.24) is 19.5 Å². The fraction of sp³-hybridized carbons (Fsp3) is 0.0833. The van der Waals surface area contributed by atoms with Gasteiger partial charge in [0.2, 0.25) is 0 Å². The summed E-state index contributed by atoms with van der Waals surface area (Å²) in [5.41, 5.74) is 1.60. The Morgan fingerprint density at radius 1 is 1.39 bits per heavy atom. The van der Waals surface area contributed by atoms with E-state index in [1.807, 2.05) is 31.2 Å². The summed E-state index contributed by atoms with van der Waals surface area (Å²) < 4.78 is 2.74. The highest BCUT2D eigenvalue weighted by molar-refractivity contribution is 9.10. The lowest BCUT2D eigenvalue weighted by Crippen LogP contribution is -2.10. The fourth-order valence-electron chi connectivity index (χ4n) is 1.96. The Kier molecular flexibility index (Phi) is 2.52. The summed E-state index contributed by atoms with van der Waals surface area (Å²) in [6.07, 6.45) is 1.36. The maximum atomic E-state index is 11.9. The predicted octanol–water partition coefficient (Wildman–Crippen LogP) is 2.18. The minimum atomic E-state index is -0.194. The molecule has 6 heteroatoms. The number of fused-ring (bicyclic) bond motifs is 1. The second-order valence-electron chi connectivity index (χ2n) is 3.88. The van der Waals surface area contributed by atoms with E-state index in [0.717, 1.165) is 16.0 Å². The number of H-pyrrole nitrogens is 1. The average molecular weight is 305 g/mol. The number of aryl methyl sites for hydroxylation is 1. The molecule has 1 aromatic carbocycles. The summed E-state index contributed by atoms with van der Waals surface area (Å²) in [7, 11) is 0. The van der Waals surface area contributed by atoms with E-state index in [4.69, 9.17) is 0 Å². The molecule has 0 saturated carbocycles. The van der Waals surface area contributed by atoms with Crippen molar-refractivity contribution in [3.8, 4) is 5.69 Å². The van der Waals surface area contributed by atoms with Crippen molar-refractivity contribution in [2.75, 3.05) is 0 Å². The zero-order valence-electron chi connectivity index (χ0n) is 9.51. The van der Waals surface area contributed by atoms with Gasteiger partial charge < -0.3 is 4.98 Å². The van der Waals surface area contributed by atoms with Crippen LogP contribution in [0.1, 0.15) is 5.82 Å². The van der Waals surface area contributed by atoms with Crippen molar-refractivity contribution in [2.45, 2.75) is 6.92 Å². The van der Waals surface area contributed by atoms with Crippen molar-refractivity contribution in [3.05, 3.63) is 51.2 Å². The molecular formula is C12H9BrN4O. The fourth-order valence-corrected chi connectivity index (χ4v) is 2.35. The second-order valence-corrected chi connectivity index (χ2v) is 4.79. The largest absolute Gasteiger partial charge is 0.311 e. The minimum absolute atomic E-state index is 0.194. The third kappa shape index (κ3) is 1.65. The molecule has 0 spiro atoms. The number of imidazole rings is 1. The summed E-state index contributed by atoms with van der Waals surface area (Å²) in [5.74, 6) is 0.729. The summed E-state index contributed by atoms with van der Waals surface area (Å²) in [4.78, 5) is 22.8. The van der Waals surface area contributed by atoms with Crippen LogP contribution in [0.15, 0.2) is 39.9 Å². The van der Waals surface area contributed by atoms with Crippen LogP contribution in [0.2, 0.25) is 0 Å². The van der Waals surface area contributed by atoms with Gasteiger partial charge in [-0.25, -0.2) is 9.97 Å². The average Bonchev–Trinajstić information content (AvgIpc) is 2.67. The zero-order valence-corrected chi connectivity index (χ0v) is 11.1. The minimum Gasteiger partial charge on any atom is -0.311 e. The number of aromatic nitrogens is 4. The third-order valence-corrected chi connectivity index (χ3v) is 3.18. The van der Waals surface area contributed by atoms with Crippen LogP contribution in [0.5, 0.6) is 0 Å². The van der Waals surface area contributed by atoms with Gasteiger partial charge in [0.1, 0.15) is 5.82 Å². The predicted molar refractivity (Wildman–Crippen MR) is 71.9 cm³/mol. The number of nitrogens with one attached hydrogen (secondary N) is 1. The topological polar surface area (TPSA) is 63.6 Å². The van der Waals surface area contributed by atoms with Gasteiger partial charge in [-0.15, -0.1) is 0 Å². The molecule has 3 aromatic rings. The molecule has 0 amide bonds. The molecule has 0 saturated heterocycles. The molecule has 90 valence electrons. The van der Waals surface area contributed by atoms with Crippen LogP contribution in [0.3, 0.4) is 0 Å². The molecule has 0 aliphatic rings. The van der Waals surface area contributed by atoms with Crippen LogP contribution in [0.25, 0.3) is 16.9 Å². The lowest BCUT2D eigenvalue weighted by Gasteiger charge is -2.06. The van der Waals surface area contributed by atoms with E-state index in [1.54, 1.807) is 4.57 Å². The molecule has 0 radical (unpaired) electrons. The SMILES string of the molecule is Cc1nc2nc[nH]c(=O)c2n1-c1cccc(Br)c1. The summed E-state index contributed by atoms with van der Waals surface area (Å²) in [6.45, 7) is 1.85. The molecule has 0 unspecified atom stereocenters. The molecule has 0 aliphatic carbocycles. The quantitative estimate of drug-likeness (QED) is 0.749. The Morgan fingerprint density at radius 3 is 3.00 bits per heavy atom. The van der Waals surface area contributed by atoms with E-state index in [2.05, 4.69) is 30.9 Å². The third-order valence-electron chi connectivity index (χ3n) is 2.69. The lowest BCUT2D eigenvalue weighted by atomic mass is 10.3. The van der Waals surface area contributed by atoms with Crippen molar-refractivity contribution in [2.24, 2.45) is 0 Å². The lowest BCUT2D eigenvalue weighted by molar-refractivity contribution is 0.993. The molecular weight excluding hydrogens is 296 g/mol. The monoisotopic (exact) mass is 304 g/mol. The van der Waals surface area contributed by atoms with Crippen LogP contribution >= 0.6 is 15.9 Å². The normalized spacial score (nSPS) is 11.0. The first-order chi connectivity index (χ1) is 8.66. The first-order valence-corrected chi connectivity index (χ1v) is 6.15. The van der Waals surface area contributed by atoms with Crippen molar-refractivity contribution in [1.29, 1.82) is 0 Å². The Labute approximate surface area is 111 Å². The van der Waals surface area contributed by atoms with Crippen molar-refractivity contribution < 1.29 is 0 Å². The molecule has 0 fully saturated rings. The van der Waals surface area contributed by atoms with Crippen LogP contribution in [-0.2, 0) is 0 Å². The first kappa shape index (κ1) is 11.2. The Hall–Kier alpha value is -1.95. The smallest absolute Gasteiger partial charge is 0.277 e. The molecule has 1 N–H and O–H groups in total. The number of rotatable bonds is 1. The number of nitrogens with zero attached hydrogens (tertiary/aromatic N) is 3. The van der Waals surface area contributed by atoms with E-state index in [-0.39, 0.29) is 5.56 Å². The Morgan fingerprint density at radius 2 is 2.22 bits per heavy atom. The van der Waals surface area contributed by atoms with Crippen LogP contribution < -0.4 is 5.56 Å². The van der Waals surface area contributed by atoms with Crippen LogP contribution in [-0.4, -0.2) is 19.5 Å². The number of hydrogen-bond donors (Lipinski definition) is 1. The van der Waals surface area contributed by atoms with E-state index >= 15 is 0 Å². The number of hydrogen-bond acceptors (Lipinski definition) is 3. The number of halogens is 1. The molecule has 18 heavy (non-hydrogen) atoms. The molecule has 2 aromatic heterocycles. The first-order valence-electron chi connectivity index (χ1n) is 5.35. The summed E-state index contributed by atoms with van der Waals surface area (Å²) in [6, 6.07) is 7.70. The molecule has 2 heterocycles. The van der Waals surface area contributed by atoms with E-state index in [9.17, 15) is 4.79 Å². The number of aromatic amines is 1. The van der Waals surface area contributed by atoms with Gasteiger partial charge in [0.25, 0.3) is 5.56 Å². The van der Waals surface area contributed by atoms with Crippen LogP contribution in [0.4, 0.5) is 0 Å². The van der Waals surface area contributed by atoms with Crippen LogP contribution in [0, 0.1) is 6.92 Å². The molecule has 3 rings (SSSR count). The van der Waals surface area contributed by atoms with Gasteiger partial charge >= 0.3 is 0 Å². The highest BCUT2D eigenvalue weighted by atomic mass is 79.9. The van der Waals surface area contributed by atoms with Gasteiger partial charge in [0.15, 0.2) is 11.2 Å². The van der Waals surface area contributed by atoms with Gasteiger partial charge in [-0.1, -0.05) is 22.0 Å². The standard InChI is InChI=1S/C12H9BrN4O/c1-7-16-11-10(12(18)15-6-14-11)17(7)9-4-2-3-8(13)5-9/h2-6H,1H3,(H,14,15,18). The Bertz CT molecular complexity index is 790.